The van der Waals surface area contributed by atoms with Gasteiger partial charge in [-0.3, -0.25) is 9.78 Å². The molecule has 0 saturated carbocycles. The number of rotatable bonds is 5. The van der Waals surface area contributed by atoms with Gasteiger partial charge >= 0.3 is 0 Å². The highest BCUT2D eigenvalue weighted by molar-refractivity contribution is 6.07. The van der Waals surface area contributed by atoms with E-state index in [0.29, 0.717) is 11.3 Å². The second-order valence-electron chi connectivity index (χ2n) is 7.00. The molecule has 0 unspecified atom stereocenters. The highest BCUT2D eigenvalue weighted by atomic mass is 16.2. The average Bonchev–Trinajstić information content (AvgIpc) is 2.79. The first-order valence-corrected chi connectivity index (χ1v) is 9.53. The Hall–Kier alpha value is -4.06. The molecule has 4 rings (SSSR count). The minimum Gasteiger partial charge on any atom is -0.378 e. The number of aromatic nitrogens is 2. The van der Waals surface area contributed by atoms with Gasteiger partial charge in [0.05, 0.1) is 23.0 Å². The number of hydrogen-bond acceptors (Lipinski definition) is 5. The number of carbonyl (C=O) groups is 1. The molecule has 6 heteroatoms. The highest BCUT2D eigenvalue weighted by Crippen LogP contribution is 2.24. The lowest BCUT2D eigenvalue weighted by Crippen LogP contribution is -2.18. The summed E-state index contributed by atoms with van der Waals surface area (Å²) in [5.74, 6) is -0.292. The van der Waals surface area contributed by atoms with Crippen LogP contribution >= 0.6 is 0 Å². The molecule has 0 fully saturated rings. The lowest BCUT2D eigenvalue weighted by Gasteiger charge is -2.11. The van der Waals surface area contributed by atoms with Crippen LogP contribution in [-0.4, -0.2) is 36.2 Å². The molecule has 0 atom stereocenters. The molecule has 0 aliphatic rings. The summed E-state index contributed by atoms with van der Waals surface area (Å²) < 4.78 is 0. The standard InChI is InChI=1S/C24H21N5O/c1-29(2)19-11-9-17(10-12-19)15-26-28-24(30)21-14-23(18-6-5-13-25-16-18)27-22-8-4-3-7-20(21)22/h3-16H,1-2H3,(H,28,30)/b26-15-. The maximum absolute atomic E-state index is 12.9. The topological polar surface area (TPSA) is 70.5 Å². The third-order valence-corrected chi connectivity index (χ3v) is 4.71. The van der Waals surface area contributed by atoms with Gasteiger partial charge < -0.3 is 4.90 Å². The van der Waals surface area contributed by atoms with Crippen LogP contribution in [0.1, 0.15) is 15.9 Å². The molecule has 0 saturated heterocycles. The fourth-order valence-electron chi connectivity index (χ4n) is 3.11. The predicted octanol–water partition coefficient (Wildman–Crippen LogP) is 4.13. The van der Waals surface area contributed by atoms with Gasteiger partial charge in [-0.05, 0) is 42.0 Å². The molecule has 1 N–H and O–H groups in total. The van der Waals surface area contributed by atoms with Crippen LogP contribution in [0.4, 0.5) is 5.69 Å². The summed E-state index contributed by atoms with van der Waals surface area (Å²) in [5, 5.41) is 4.90. The molecule has 2 aromatic carbocycles. The van der Waals surface area contributed by atoms with Crippen molar-refractivity contribution in [2.45, 2.75) is 0 Å². The van der Waals surface area contributed by atoms with E-state index in [1.54, 1.807) is 24.7 Å². The largest absolute Gasteiger partial charge is 0.378 e. The molecular formula is C24H21N5O. The fourth-order valence-corrected chi connectivity index (χ4v) is 3.11. The highest BCUT2D eigenvalue weighted by Gasteiger charge is 2.13. The summed E-state index contributed by atoms with van der Waals surface area (Å²) >= 11 is 0. The normalized spacial score (nSPS) is 11.0. The van der Waals surface area contributed by atoms with Gasteiger partial charge in [0, 0.05) is 43.1 Å². The molecule has 0 radical (unpaired) electrons. The number of carbonyl (C=O) groups excluding carboxylic acids is 1. The summed E-state index contributed by atoms with van der Waals surface area (Å²) in [6, 6.07) is 21.0. The zero-order chi connectivity index (χ0) is 20.9. The van der Waals surface area contributed by atoms with Crippen LogP contribution in [0.2, 0.25) is 0 Å². The molecule has 0 aliphatic heterocycles. The molecule has 148 valence electrons. The van der Waals surface area contributed by atoms with E-state index in [9.17, 15) is 4.79 Å². The van der Waals surface area contributed by atoms with E-state index in [2.05, 4.69) is 20.5 Å². The number of anilines is 1. The Morgan fingerprint density at radius 2 is 1.83 bits per heavy atom. The van der Waals surface area contributed by atoms with Crippen LogP contribution in [0.5, 0.6) is 0 Å². The molecule has 0 aliphatic carbocycles. The van der Waals surface area contributed by atoms with E-state index >= 15 is 0 Å². The van der Waals surface area contributed by atoms with Gasteiger partial charge in [-0.15, -0.1) is 0 Å². The van der Waals surface area contributed by atoms with E-state index in [4.69, 9.17) is 0 Å². The predicted molar refractivity (Wildman–Crippen MR) is 121 cm³/mol. The van der Waals surface area contributed by atoms with E-state index in [1.807, 2.05) is 79.7 Å². The smallest absolute Gasteiger partial charge is 0.272 e. The first-order chi connectivity index (χ1) is 14.6. The lowest BCUT2D eigenvalue weighted by molar-refractivity contribution is 0.0956. The van der Waals surface area contributed by atoms with Crippen LogP contribution in [-0.2, 0) is 0 Å². The SMILES string of the molecule is CN(C)c1ccc(/C=N\NC(=O)c2cc(-c3cccnc3)nc3ccccc23)cc1. The Balaban J connectivity index is 1.61. The van der Waals surface area contributed by atoms with Crippen molar-refractivity contribution >= 4 is 28.7 Å². The first kappa shape index (κ1) is 19.3. The van der Waals surface area contributed by atoms with Crippen LogP contribution in [0.25, 0.3) is 22.2 Å². The second kappa shape index (κ2) is 8.53. The third-order valence-electron chi connectivity index (χ3n) is 4.71. The van der Waals surface area contributed by atoms with Crippen molar-refractivity contribution in [3.63, 3.8) is 0 Å². The van der Waals surface area contributed by atoms with Crippen molar-refractivity contribution in [1.82, 2.24) is 15.4 Å². The third kappa shape index (κ3) is 4.17. The lowest BCUT2D eigenvalue weighted by atomic mass is 10.0. The zero-order valence-electron chi connectivity index (χ0n) is 16.8. The van der Waals surface area contributed by atoms with Crippen molar-refractivity contribution in [3.05, 3.63) is 90.3 Å². The Labute approximate surface area is 174 Å². The van der Waals surface area contributed by atoms with Gasteiger partial charge in [0.25, 0.3) is 5.91 Å². The van der Waals surface area contributed by atoms with Crippen LogP contribution < -0.4 is 10.3 Å². The van der Waals surface area contributed by atoms with Crippen LogP contribution in [0.3, 0.4) is 0 Å². The Bertz CT molecular complexity index is 1200. The van der Waals surface area contributed by atoms with Gasteiger partial charge in [0.2, 0.25) is 0 Å². The minimum absolute atomic E-state index is 0.292. The maximum Gasteiger partial charge on any atom is 0.272 e. The molecule has 30 heavy (non-hydrogen) atoms. The number of pyridine rings is 2. The monoisotopic (exact) mass is 395 g/mol. The van der Waals surface area contributed by atoms with Crippen LogP contribution in [0, 0.1) is 0 Å². The number of nitrogens with zero attached hydrogens (tertiary/aromatic N) is 4. The molecule has 6 nitrogen and oxygen atoms in total. The minimum atomic E-state index is -0.292. The van der Waals surface area contributed by atoms with Gasteiger partial charge in [0.15, 0.2) is 0 Å². The second-order valence-corrected chi connectivity index (χ2v) is 7.00. The quantitative estimate of drug-likeness (QED) is 0.407. The van der Waals surface area contributed by atoms with Crippen molar-refractivity contribution in [1.29, 1.82) is 0 Å². The molecular weight excluding hydrogens is 374 g/mol. The summed E-state index contributed by atoms with van der Waals surface area (Å²) in [6.45, 7) is 0. The molecule has 2 heterocycles. The maximum atomic E-state index is 12.9. The molecule has 2 aromatic heterocycles. The number of benzene rings is 2. The fraction of sp³-hybridized carbons (Fsp3) is 0.0833. The van der Waals surface area contributed by atoms with Crippen molar-refractivity contribution in [2.24, 2.45) is 5.10 Å². The van der Waals surface area contributed by atoms with E-state index in [1.165, 1.54) is 0 Å². The molecule has 1 amide bonds. The molecule has 0 spiro atoms. The van der Waals surface area contributed by atoms with Crippen molar-refractivity contribution < 1.29 is 4.79 Å². The number of hydrazone groups is 1. The van der Waals surface area contributed by atoms with Gasteiger partial charge in [-0.25, -0.2) is 10.4 Å². The molecule has 4 aromatic rings. The first-order valence-electron chi connectivity index (χ1n) is 9.53. The zero-order valence-corrected chi connectivity index (χ0v) is 16.8. The number of nitrogens with one attached hydrogen (secondary N) is 1. The Morgan fingerprint density at radius 3 is 2.57 bits per heavy atom. The van der Waals surface area contributed by atoms with E-state index in [-0.39, 0.29) is 5.91 Å². The van der Waals surface area contributed by atoms with Gasteiger partial charge in [-0.1, -0.05) is 30.3 Å². The average molecular weight is 395 g/mol. The molecule has 0 bridgehead atoms. The summed E-state index contributed by atoms with van der Waals surface area (Å²) in [5.41, 5.74) is 7.43. The van der Waals surface area contributed by atoms with Gasteiger partial charge in [-0.2, -0.15) is 5.10 Å². The van der Waals surface area contributed by atoms with Crippen molar-refractivity contribution in [3.8, 4) is 11.3 Å². The number of hydrogen-bond donors (Lipinski definition) is 1. The Kier molecular flexibility index (Phi) is 5.48. The summed E-state index contributed by atoms with van der Waals surface area (Å²) in [6.07, 6.45) is 5.06. The summed E-state index contributed by atoms with van der Waals surface area (Å²) in [4.78, 5) is 23.8. The van der Waals surface area contributed by atoms with Crippen LogP contribution in [0.15, 0.2) is 84.2 Å². The number of amides is 1. The van der Waals surface area contributed by atoms with Gasteiger partial charge in [0.1, 0.15) is 0 Å². The van der Waals surface area contributed by atoms with E-state index < -0.39 is 0 Å². The Morgan fingerprint density at radius 1 is 1.03 bits per heavy atom. The summed E-state index contributed by atoms with van der Waals surface area (Å²) in [7, 11) is 3.98. The van der Waals surface area contributed by atoms with Crippen molar-refractivity contribution in [2.75, 3.05) is 19.0 Å². The number of para-hydroxylation sites is 1. The van der Waals surface area contributed by atoms with E-state index in [0.717, 1.165) is 27.7 Å². The number of fused-ring (bicyclic) bond motifs is 1.